The maximum absolute atomic E-state index is 10.00. The highest BCUT2D eigenvalue weighted by molar-refractivity contribution is 5.94. The third kappa shape index (κ3) is 22.6. The van der Waals surface area contributed by atoms with E-state index in [2.05, 4.69) is 0 Å². The quantitative estimate of drug-likeness (QED) is 0.675. The number of aliphatic carboxylic acids is 2. The molecule has 0 aromatic carbocycles. The number of hydrogen-bond acceptors (Lipinski definition) is 4. The standard InChI is InChI=1S/2C5H6O3/c2*1-4(6)2-3-5(7)8/h2*2-3H,1H3,(H,7,8)/b2*3-2+. The predicted molar refractivity (Wildman–Crippen MR) is 54.9 cm³/mol. The Kier molecular flexibility index (Phi) is 9.44. The van der Waals surface area contributed by atoms with Gasteiger partial charge in [0.1, 0.15) is 0 Å². The van der Waals surface area contributed by atoms with Crippen molar-refractivity contribution in [3.63, 3.8) is 0 Å². The number of hydrogen-bond donors (Lipinski definition) is 2. The van der Waals surface area contributed by atoms with Gasteiger partial charge in [-0.2, -0.15) is 0 Å². The summed E-state index contributed by atoms with van der Waals surface area (Å²) in [4.78, 5) is 39.3. The first-order chi connectivity index (χ1) is 7.25. The van der Waals surface area contributed by atoms with E-state index in [0.29, 0.717) is 0 Å². The predicted octanol–water partition coefficient (Wildman–Crippen LogP) is 0.432. The third-order valence-electron chi connectivity index (χ3n) is 0.921. The van der Waals surface area contributed by atoms with Gasteiger partial charge in [0.2, 0.25) is 0 Å². The summed E-state index contributed by atoms with van der Waals surface area (Å²) >= 11 is 0. The molecule has 0 saturated heterocycles. The van der Waals surface area contributed by atoms with E-state index in [4.69, 9.17) is 10.2 Å². The lowest BCUT2D eigenvalue weighted by Crippen LogP contribution is -1.89. The van der Waals surface area contributed by atoms with Gasteiger partial charge in [-0.25, -0.2) is 9.59 Å². The van der Waals surface area contributed by atoms with Gasteiger partial charge in [-0.3, -0.25) is 9.59 Å². The largest absolute Gasteiger partial charge is 0.478 e. The molecule has 0 heterocycles. The Labute approximate surface area is 91.9 Å². The Morgan fingerprint density at radius 1 is 0.688 bits per heavy atom. The van der Waals surface area contributed by atoms with Crippen LogP contribution < -0.4 is 0 Å². The van der Waals surface area contributed by atoms with Gasteiger partial charge < -0.3 is 10.2 Å². The van der Waals surface area contributed by atoms with Crippen LogP contribution in [0.1, 0.15) is 13.8 Å². The van der Waals surface area contributed by atoms with Crippen LogP contribution in [0.25, 0.3) is 0 Å². The molecule has 0 unspecified atom stereocenters. The minimum atomic E-state index is -1.10. The second kappa shape index (κ2) is 9.32. The summed E-state index contributed by atoms with van der Waals surface area (Å²) in [7, 11) is 0. The number of carboxylic acids is 2. The van der Waals surface area contributed by atoms with E-state index in [0.717, 1.165) is 24.3 Å². The first-order valence-corrected chi connectivity index (χ1v) is 4.09. The molecule has 0 spiro atoms. The monoisotopic (exact) mass is 228 g/mol. The Hall–Kier alpha value is -2.24. The number of carboxylic acid groups (broad SMARTS) is 2. The van der Waals surface area contributed by atoms with Crippen LogP contribution in [0.4, 0.5) is 0 Å². The zero-order valence-electron chi connectivity index (χ0n) is 8.84. The highest BCUT2D eigenvalue weighted by atomic mass is 16.4. The fourth-order valence-corrected chi connectivity index (χ4v) is 0.377. The van der Waals surface area contributed by atoms with Crippen LogP contribution in [0, 0.1) is 0 Å². The Balaban J connectivity index is 0. The van der Waals surface area contributed by atoms with Gasteiger partial charge in [0.25, 0.3) is 0 Å². The molecular weight excluding hydrogens is 216 g/mol. The first-order valence-electron chi connectivity index (χ1n) is 4.09. The fraction of sp³-hybridized carbons (Fsp3) is 0.200. The van der Waals surface area contributed by atoms with E-state index in [-0.39, 0.29) is 11.6 Å². The highest BCUT2D eigenvalue weighted by Gasteiger charge is 1.86. The smallest absolute Gasteiger partial charge is 0.328 e. The molecule has 0 saturated carbocycles. The van der Waals surface area contributed by atoms with E-state index in [9.17, 15) is 19.2 Å². The normalized spacial score (nSPS) is 9.62. The number of carbonyl (C=O) groups excluding carboxylic acids is 2. The minimum absolute atomic E-state index is 0.257. The summed E-state index contributed by atoms with van der Waals surface area (Å²) in [6.07, 6.45) is 3.62. The minimum Gasteiger partial charge on any atom is -0.478 e. The Bertz CT molecular complexity index is 271. The lowest BCUT2D eigenvalue weighted by molar-refractivity contribution is -0.132. The number of rotatable bonds is 4. The van der Waals surface area contributed by atoms with Crippen LogP contribution in [-0.4, -0.2) is 33.7 Å². The maximum atomic E-state index is 10.00. The summed E-state index contributed by atoms with van der Waals surface area (Å²) in [5.74, 6) is -2.71. The van der Waals surface area contributed by atoms with Crippen LogP contribution in [-0.2, 0) is 19.2 Å². The summed E-state index contributed by atoms with van der Waals surface area (Å²) in [5, 5.41) is 15.8. The molecule has 16 heavy (non-hydrogen) atoms. The van der Waals surface area contributed by atoms with Crippen molar-refractivity contribution in [1.82, 2.24) is 0 Å². The molecular formula is C10H12O6. The van der Waals surface area contributed by atoms with E-state index in [1.54, 1.807) is 0 Å². The van der Waals surface area contributed by atoms with Crippen LogP contribution in [0.3, 0.4) is 0 Å². The van der Waals surface area contributed by atoms with Crippen LogP contribution in [0.15, 0.2) is 24.3 Å². The van der Waals surface area contributed by atoms with Crippen LogP contribution in [0.5, 0.6) is 0 Å². The average molecular weight is 228 g/mol. The van der Waals surface area contributed by atoms with Crippen molar-refractivity contribution in [2.24, 2.45) is 0 Å². The lowest BCUT2D eigenvalue weighted by Gasteiger charge is -1.74. The van der Waals surface area contributed by atoms with Crippen LogP contribution >= 0.6 is 0 Å². The van der Waals surface area contributed by atoms with Crippen molar-refractivity contribution in [1.29, 1.82) is 0 Å². The second-order valence-electron chi connectivity index (χ2n) is 2.56. The molecule has 6 heteroatoms. The molecule has 0 aromatic rings. The second-order valence-corrected chi connectivity index (χ2v) is 2.56. The molecule has 6 nitrogen and oxygen atoms in total. The lowest BCUT2D eigenvalue weighted by atomic mass is 10.4. The van der Waals surface area contributed by atoms with E-state index >= 15 is 0 Å². The Morgan fingerprint density at radius 2 is 0.938 bits per heavy atom. The number of allylic oxidation sites excluding steroid dienone is 2. The first kappa shape index (κ1) is 16.2. The van der Waals surface area contributed by atoms with Gasteiger partial charge >= 0.3 is 11.9 Å². The maximum Gasteiger partial charge on any atom is 0.328 e. The molecule has 0 aliphatic rings. The van der Waals surface area contributed by atoms with Gasteiger partial charge in [-0.05, 0) is 26.0 Å². The average Bonchev–Trinajstić information content (AvgIpc) is 2.12. The molecule has 0 atom stereocenters. The summed E-state index contributed by atoms with van der Waals surface area (Å²) in [5.41, 5.74) is 0. The van der Waals surface area contributed by atoms with Crippen molar-refractivity contribution in [2.45, 2.75) is 13.8 Å². The highest BCUT2D eigenvalue weighted by Crippen LogP contribution is 1.73. The van der Waals surface area contributed by atoms with Crippen molar-refractivity contribution in [3.05, 3.63) is 24.3 Å². The van der Waals surface area contributed by atoms with Gasteiger partial charge in [-0.1, -0.05) is 0 Å². The number of ketones is 2. The molecule has 0 radical (unpaired) electrons. The molecule has 0 bridgehead atoms. The molecule has 0 amide bonds. The summed E-state index contributed by atoms with van der Waals surface area (Å²) in [6.45, 7) is 2.58. The van der Waals surface area contributed by atoms with Crippen molar-refractivity contribution in [2.75, 3.05) is 0 Å². The van der Waals surface area contributed by atoms with Crippen molar-refractivity contribution in [3.8, 4) is 0 Å². The zero-order chi connectivity index (χ0) is 13.1. The van der Waals surface area contributed by atoms with Gasteiger partial charge in [-0.15, -0.1) is 0 Å². The molecule has 88 valence electrons. The zero-order valence-corrected chi connectivity index (χ0v) is 8.84. The SMILES string of the molecule is CC(=O)/C=C/C(=O)O.CC(=O)/C=C/C(=O)O. The number of carbonyl (C=O) groups is 4. The van der Waals surface area contributed by atoms with Gasteiger partial charge in [0.15, 0.2) is 11.6 Å². The van der Waals surface area contributed by atoms with Gasteiger partial charge in [0, 0.05) is 12.2 Å². The Morgan fingerprint density at radius 3 is 1.00 bits per heavy atom. The van der Waals surface area contributed by atoms with E-state index in [1.165, 1.54) is 13.8 Å². The van der Waals surface area contributed by atoms with E-state index < -0.39 is 11.9 Å². The molecule has 0 aromatic heterocycles. The molecule has 0 aliphatic carbocycles. The fourth-order valence-electron chi connectivity index (χ4n) is 0.377. The molecule has 2 N–H and O–H groups in total. The van der Waals surface area contributed by atoms with E-state index in [1.807, 2.05) is 0 Å². The van der Waals surface area contributed by atoms with Crippen molar-refractivity contribution < 1.29 is 29.4 Å². The third-order valence-corrected chi connectivity index (χ3v) is 0.921. The topological polar surface area (TPSA) is 109 Å². The summed E-state index contributed by atoms with van der Waals surface area (Å²) in [6, 6.07) is 0. The molecule has 0 fully saturated rings. The van der Waals surface area contributed by atoms with Crippen molar-refractivity contribution >= 4 is 23.5 Å². The van der Waals surface area contributed by atoms with Crippen LogP contribution in [0.2, 0.25) is 0 Å². The molecule has 0 rings (SSSR count). The van der Waals surface area contributed by atoms with Gasteiger partial charge in [0.05, 0.1) is 0 Å². The molecule has 0 aliphatic heterocycles. The summed E-state index contributed by atoms with van der Waals surface area (Å²) < 4.78 is 0.